The highest BCUT2D eigenvalue weighted by Crippen LogP contribution is 2.17. The van der Waals surface area contributed by atoms with E-state index in [1.165, 1.54) is 5.56 Å². The molecule has 1 aliphatic heterocycles. The molecule has 1 fully saturated rings. The zero-order chi connectivity index (χ0) is 15.9. The van der Waals surface area contributed by atoms with Crippen molar-refractivity contribution in [2.75, 3.05) is 25.0 Å². The molecule has 1 atom stereocenters. The van der Waals surface area contributed by atoms with Crippen LogP contribution in [-0.2, 0) is 4.79 Å². The molecule has 2 rings (SSSR count). The normalized spacial score (nSPS) is 17.9. The summed E-state index contributed by atoms with van der Waals surface area (Å²) in [6.45, 7) is 5.99. The average Bonchev–Trinajstić information content (AvgIpc) is 2.55. The van der Waals surface area contributed by atoms with Gasteiger partial charge >= 0.3 is 6.03 Å². The molecule has 0 aliphatic carbocycles. The second-order valence-corrected chi connectivity index (χ2v) is 5.91. The fraction of sp³-hybridized carbons (Fsp3) is 0.529. The Morgan fingerprint density at radius 2 is 2.00 bits per heavy atom. The van der Waals surface area contributed by atoms with Crippen LogP contribution in [0.15, 0.2) is 24.3 Å². The van der Waals surface area contributed by atoms with Crippen LogP contribution in [0.1, 0.15) is 31.7 Å². The van der Waals surface area contributed by atoms with E-state index in [2.05, 4.69) is 10.6 Å². The van der Waals surface area contributed by atoms with Crippen LogP contribution in [-0.4, -0.2) is 36.5 Å². The summed E-state index contributed by atoms with van der Waals surface area (Å²) in [6, 6.07) is 7.73. The Bertz CT molecular complexity index is 513. The first-order valence-electron chi connectivity index (χ1n) is 7.97. The first kappa shape index (κ1) is 16.3. The van der Waals surface area contributed by atoms with E-state index in [0.717, 1.165) is 25.1 Å². The second kappa shape index (κ2) is 7.82. The third-order valence-corrected chi connectivity index (χ3v) is 4.02. The molecule has 5 heteroatoms. The van der Waals surface area contributed by atoms with E-state index in [9.17, 15) is 9.59 Å². The summed E-state index contributed by atoms with van der Waals surface area (Å²) in [5.74, 6) is 0.411. The number of carbonyl (C=O) groups excluding carboxylic acids is 2. The Labute approximate surface area is 132 Å². The number of urea groups is 1. The van der Waals surface area contributed by atoms with Gasteiger partial charge < -0.3 is 15.5 Å². The molecule has 0 bridgehead atoms. The van der Waals surface area contributed by atoms with E-state index in [0.29, 0.717) is 25.4 Å². The molecule has 5 nitrogen and oxygen atoms in total. The maximum atomic E-state index is 12.3. The SMILES string of the molecule is CCC(=O)NCC1CCCN(C(=O)Nc2ccc(C)cc2)C1. The zero-order valence-electron chi connectivity index (χ0n) is 13.4. The zero-order valence-corrected chi connectivity index (χ0v) is 13.4. The van der Waals surface area contributed by atoms with Crippen molar-refractivity contribution in [3.05, 3.63) is 29.8 Å². The largest absolute Gasteiger partial charge is 0.356 e. The van der Waals surface area contributed by atoms with Crippen molar-refractivity contribution >= 4 is 17.6 Å². The number of nitrogens with zero attached hydrogens (tertiary/aromatic N) is 1. The molecule has 2 N–H and O–H groups in total. The van der Waals surface area contributed by atoms with Crippen molar-refractivity contribution in [1.29, 1.82) is 0 Å². The first-order chi connectivity index (χ1) is 10.6. The Kier molecular flexibility index (Phi) is 5.81. The molecule has 1 aromatic carbocycles. The molecule has 0 radical (unpaired) electrons. The number of carbonyl (C=O) groups is 2. The van der Waals surface area contributed by atoms with Gasteiger partial charge in [-0.3, -0.25) is 4.79 Å². The van der Waals surface area contributed by atoms with Crippen molar-refractivity contribution in [2.24, 2.45) is 5.92 Å². The summed E-state index contributed by atoms with van der Waals surface area (Å²) in [4.78, 5) is 25.5. The quantitative estimate of drug-likeness (QED) is 0.898. The van der Waals surface area contributed by atoms with Crippen LogP contribution in [0.2, 0.25) is 0 Å². The Hall–Kier alpha value is -2.04. The molecule has 3 amide bonds. The first-order valence-corrected chi connectivity index (χ1v) is 7.97. The predicted molar refractivity (Wildman–Crippen MR) is 87.8 cm³/mol. The molecule has 1 unspecified atom stereocenters. The van der Waals surface area contributed by atoms with Gasteiger partial charge in [0.2, 0.25) is 5.91 Å². The number of aryl methyl sites for hydroxylation is 1. The fourth-order valence-electron chi connectivity index (χ4n) is 2.64. The molecular formula is C17H25N3O2. The van der Waals surface area contributed by atoms with E-state index in [4.69, 9.17) is 0 Å². The third kappa shape index (κ3) is 4.76. The summed E-state index contributed by atoms with van der Waals surface area (Å²) < 4.78 is 0. The number of anilines is 1. The molecule has 120 valence electrons. The fourth-order valence-corrected chi connectivity index (χ4v) is 2.64. The number of nitrogens with one attached hydrogen (secondary N) is 2. The summed E-state index contributed by atoms with van der Waals surface area (Å²) in [5.41, 5.74) is 1.99. The second-order valence-electron chi connectivity index (χ2n) is 5.91. The lowest BCUT2D eigenvalue weighted by Gasteiger charge is -2.32. The minimum Gasteiger partial charge on any atom is -0.356 e. The molecule has 0 spiro atoms. The van der Waals surface area contributed by atoms with Gasteiger partial charge in [-0.1, -0.05) is 24.6 Å². The molecule has 0 saturated carbocycles. The number of hydrogen-bond donors (Lipinski definition) is 2. The van der Waals surface area contributed by atoms with Gasteiger partial charge in [0.05, 0.1) is 0 Å². The number of hydrogen-bond acceptors (Lipinski definition) is 2. The van der Waals surface area contributed by atoms with Crippen LogP contribution < -0.4 is 10.6 Å². The van der Waals surface area contributed by atoms with E-state index in [1.54, 1.807) is 0 Å². The Morgan fingerprint density at radius 3 is 2.68 bits per heavy atom. The third-order valence-electron chi connectivity index (χ3n) is 4.02. The molecular weight excluding hydrogens is 278 g/mol. The van der Waals surface area contributed by atoms with Crippen LogP contribution >= 0.6 is 0 Å². The summed E-state index contributed by atoms with van der Waals surface area (Å²) in [7, 11) is 0. The highest BCUT2D eigenvalue weighted by molar-refractivity contribution is 5.89. The van der Waals surface area contributed by atoms with Crippen LogP contribution in [0.4, 0.5) is 10.5 Å². The molecule has 22 heavy (non-hydrogen) atoms. The number of amides is 3. The van der Waals surface area contributed by atoms with Crippen LogP contribution in [0.3, 0.4) is 0 Å². The summed E-state index contributed by atoms with van der Waals surface area (Å²) in [5, 5.41) is 5.86. The van der Waals surface area contributed by atoms with Gasteiger partial charge in [-0.25, -0.2) is 4.79 Å². The number of likely N-dealkylation sites (tertiary alicyclic amines) is 1. The molecule has 1 aliphatic rings. The summed E-state index contributed by atoms with van der Waals surface area (Å²) in [6.07, 6.45) is 2.54. The van der Waals surface area contributed by atoms with Gasteiger partial charge in [-0.05, 0) is 37.8 Å². The molecule has 1 aromatic rings. The Morgan fingerprint density at radius 1 is 1.27 bits per heavy atom. The van der Waals surface area contributed by atoms with Crippen molar-refractivity contribution < 1.29 is 9.59 Å². The smallest absolute Gasteiger partial charge is 0.321 e. The monoisotopic (exact) mass is 303 g/mol. The standard InChI is InChI=1S/C17H25N3O2/c1-3-16(21)18-11-14-5-4-10-20(12-14)17(22)19-15-8-6-13(2)7-9-15/h6-9,14H,3-5,10-12H2,1-2H3,(H,18,21)(H,19,22). The van der Waals surface area contributed by atoms with E-state index < -0.39 is 0 Å². The van der Waals surface area contributed by atoms with Gasteiger partial charge in [0.15, 0.2) is 0 Å². The minimum absolute atomic E-state index is 0.0598. The maximum Gasteiger partial charge on any atom is 0.321 e. The Balaban J connectivity index is 1.84. The van der Waals surface area contributed by atoms with Crippen LogP contribution in [0.25, 0.3) is 0 Å². The van der Waals surface area contributed by atoms with Crippen molar-refractivity contribution in [3.63, 3.8) is 0 Å². The van der Waals surface area contributed by atoms with Crippen molar-refractivity contribution in [3.8, 4) is 0 Å². The lowest BCUT2D eigenvalue weighted by molar-refractivity contribution is -0.121. The van der Waals surface area contributed by atoms with Crippen LogP contribution in [0.5, 0.6) is 0 Å². The highest BCUT2D eigenvalue weighted by atomic mass is 16.2. The van der Waals surface area contributed by atoms with Gasteiger partial charge in [0.1, 0.15) is 0 Å². The predicted octanol–water partition coefficient (Wildman–Crippen LogP) is 2.77. The number of piperidine rings is 1. The average molecular weight is 303 g/mol. The van der Waals surface area contributed by atoms with Crippen molar-refractivity contribution in [2.45, 2.75) is 33.1 Å². The molecule has 0 aromatic heterocycles. The van der Waals surface area contributed by atoms with E-state index >= 15 is 0 Å². The molecule has 1 saturated heterocycles. The number of benzene rings is 1. The maximum absolute atomic E-state index is 12.3. The lowest BCUT2D eigenvalue weighted by atomic mass is 9.98. The summed E-state index contributed by atoms with van der Waals surface area (Å²) >= 11 is 0. The van der Waals surface area contributed by atoms with Crippen molar-refractivity contribution in [1.82, 2.24) is 10.2 Å². The number of rotatable bonds is 4. The minimum atomic E-state index is -0.0598. The van der Waals surface area contributed by atoms with Gasteiger partial charge in [0, 0.05) is 31.7 Å². The van der Waals surface area contributed by atoms with E-state index in [1.807, 2.05) is 43.0 Å². The molecule has 1 heterocycles. The lowest BCUT2D eigenvalue weighted by Crippen LogP contribution is -2.45. The van der Waals surface area contributed by atoms with E-state index in [-0.39, 0.29) is 11.9 Å². The van der Waals surface area contributed by atoms with Crippen LogP contribution in [0, 0.1) is 12.8 Å². The highest BCUT2D eigenvalue weighted by Gasteiger charge is 2.23. The van der Waals surface area contributed by atoms with Gasteiger partial charge in [-0.15, -0.1) is 0 Å². The van der Waals surface area contributed by atoms with Gasteiger partial charge in [-0.2, -0.15) is 0 Å². The van der Waals surface area contributed by atoms with Gasteiger partial charge in [0.25, 0.3) is 0 Å². The topological polar surface area (TPSA) is 61.4 Å².